The minimum atomic E-state index is -1.57. The molecular weight excluding hydrogens is 364 g/mol. The molecule has 146 valence electrons. The Bertz CT molecular complexity index is 942. The first kappa shape index (κ1) is 19.2. The molecule has 1 saturated carbocycles. The van der Waals surface area contributed by atoms with Gasteiger partial charge in [0.15, 0.2) is 0 Å². The van der Waals surface area contributed by atoms with E-state index >= 15 is 0 Å². The van der Waals surface area contributed by atoms with Crippen LogP contribution in [0.5, 0.6) is 17.2 Å². The summed E-state index contributed by atoms with van der Waals surface area (Å²) in [6.45, 7) is 3.52. The van der Waals surface area contributed by atoms with E-state index in [0.29, 0.717) is 28.3 Å². The quantitative estimate of drug-likeness (QED) is 0.463. The summed E-state index contributed by atoms with van der Waals surface area (Å²) < 4.78 is 5.91. The maximum absolute atomic E-state index is 11.9. The molecule has 3 rings (SSSR count). The Hall–Kier alpha value is -3.55. The van der Waals surface area contributed by atoms with Crippen LogP contribution >= 0.6 is 0 Å². The number of carboxylic acids is 1. The zero-order valence-electron chi connectivity index (χ0n) is 15.4. The SMILES string of the molecule is Cc1cc(NC(=O)C(=O)O)cc(C)c1Oc1ccc(O)c(NC(=O)C2CC2)c1. The number of carboxylic acid groups (broad SMARTS) is 1. The van der Waals surface area contributed by atoms with Crippen molar-refractivity contribution in [3.05, 3.63) is 41.5 Å². The highest BCUT2D eigenvalue weighted by Gasteiger charge is 2.30. The summed E-state index contributed by atoms with van der Waals surface area (Å²) in [5.41, 5.74) is 1.97. The normalized spacial score (nSPS) is 12.9. The second kappa shape index (κ2) is 7.59. The lowest BCUT2D eigenvalue weighted by Crippen LogP contribution is -2.21. The fourth-order valence-electron chi connectivity index (χ4n) is 2.74. The van der Waals surface area contributed by atoms with Gasteiger partial charge in [0.05, 0.1) is 5.69 Å². The number of nitrogens with one attached hydrogen (secondary N) is 2. The predicted octanol–water partition coefficient (Wildman–Crippen LogP) is 3.17. The summed E-state index contributed by atoms with van der Waals surface area (Å²) in [5, 5.41) is 23.7. The van der Waals surface area contributed by atoms with Crippen molar-refractivity contribution in [2.45, 2.75) is 26.7 Å². The number of anilines is 2. The summed E-state index contributed by atoms with van der Waals surface area (Å²) >= 11 is 0. The summed E-state index contributed by atoms with van der Waals surface area (Å²) in [5.74, 6) is -1.93. The van der Waals surface area contributed by atoms with Crippen molar-refractivity contribution in [1.29, 1.82) is 0 Å². The monoisotopic (exact) mass is 384 g/mol. The van der Waals surface area contributed by atoms with Crippen molar-refractivity contribution >= 4 is 29.2 Å². The van der Waals surface area contributed by atoms with E-state index in [2.05, 4.69) is 10.6 Å². The van der Waals surface area contributed by atoms with Crippen LogP contribution in [0.1, 0.15) is 24.0 Å². The van der Waals surface area contributed by atoms with Gasteiger partial charge in [-0.2, -0.15) is 0 Å². The van der Waals surface area contributed by atoms with Crippen LogP contribution in [0, 0.1) is 19.8 Å². The molecule has 0 spiro atoms. The average Bonchev–Trinajstić information content (AvgIpc) is 3.46. The molecule has 0 aromatic heterocycles. The Morgan fingerprint density at radius 2 is 1.68 bits per heavy atom. The molecule has 0 heterocycles. The maximum Gasteiger partial charge on any atom is 0.394 e. The number of aryl methyl sites for hydroxylation is 2. The highest BCUT2D eigenvalue weighted by Crippen LogP contribution is 2.36. The van der Waals surface area contributed by atoms with Crippen LogP contribution in [0.15, 0.2) is 30.3 Å². The molecule has 8 heteroatoms. The summed E-state index contributed by atoms with van der Waals surface area (Å²) in [6.07, 6.45) is 1.71. The van der Waals surface area contributed by atoms with Crippen molar-refractivity contribution in [2.75, 3.05) is 10.6 Å². The lowest BCUT2D eigenvalue weighted by Gasteiger charge is -2.15. The molecule has 2 aromatic carbocycles. The molecule has 2 aromatic rings. The fourth-order valence-corrected chi connectivity index (χ4v) is 2.74. The molecule has 8 nitrogen and oxygen atoms in total. The van der Waals surface area contributed by atoms with Gasteiger partial charge in [-0.25, -0.2) is 4.79 Å². The van der Waals surface area contributed by atoms with Crippen molar-refractivity contribution < 1.29 is 29.3 Å². The highest BCUT2D eigenvalue weighted by atomic mass is 16.5. The molecule has 0 unspecified atom stereocenters. The fraction of sp³-hybridized carbons (Fsp3) is 0.250. The lowest BCUT2D eigenvalue weighted by atomic mass is 10.1. The molecule has 0 atom stereocenters. The highest BCUT2D eigenvalue weighted by molar-refractivity contribution is 6.36. The maximum atomic E-state index is 11.9. The summed E-state index contributed by atoms with van der Waals surface area (Å²) in [6, 6.07) is 7.73. The van der Waals surface area contributed by atoms with E-state index < -0.39 is 11.9 Å². The van der Waals surface area contributed by atoms with Crippen molar-refractivity contribution in [3.8, 4) is 17.2 Å². The Morgan fingerprint density at radius 3 is 2.25 bits per heavy atom. The third-order valence-electron chi connectivity index (χ3n) is 4.31. The van der Waals surface area contributed by atoms with Crippen LogP contribution in [0.3, 0.4) is 0 Å². The number of phenolic OH excluding ortho intramolecular Hbond substituents is 1. The Balaban J connectivity index is 1.80. The number of phenols is 1. The lowest BCUT2D eigenvalue weighted by molar-refractivity contribution is -0.147. The zero-order chi connectivity index (χ0) is 20.4. The van der Waals surface area contributed by atoms with Gasteiger partial charge < -0.3 is 25.6 Å². The topological polar surface area (TPSA) is 125 Å². The van der Waals surface area contributed by atoms with Gasteiger partial charge in [-0.3, -0.25) is 9.59 Å². The van der Waals surface area contributed by atoms with E-state index in [1.165, 1.54) is 12.1 Å². The number of aromatic hydroxyl groups is 1. The number of benzene rings is 2. The second-order valence-electron chi connectivity index (χ2n) is 6.74. The minimum absolute atomic E-state index is 0.00187. The summed E-state index contributed by atoms with van der Waals surface area (Å²) in [7, 11) is 0. The van der Waals surface area contributed by atoms with E-state index in [0.717, 1.165) is 12.8 Å². The van der Waals surface area contributed by atoms with Crippen molar-refractivity contribution in [3.63, 3.8) is 0 Å². The average molecular weight is 384 g/mol. The molecule has 0 saturated heterocycles. The largest absolute Gasteiger partial charge is 0.506 e. The smallest absolute Gasteiger partial charge is 0.394 e. The Morgan fingerprint density at radius 1 is 1.04 bits per heavy atom. The van der Waals surface area contributed by atoms with E-state index in [4.69, 9.17) is 9.84 Å². The van der Waals surface area contributed by atoms with Crippen LogP contribution < -0.4 is 15.4 Å². The molecule has 0 radical (unpaired) electrons. The molecule has 1 fully saturated rings. The van der Waals surface area contributed by atoms with Gasteiger partial charge in [0.25, 0.3) is 0 Å². The molecule has 2 amide bonds. The first-order chi connectivity index (χ1) is 13.2. The Labute approximate surface area is 161 Å². The number of amides is 2. The van der Waals surface area contributed by atoms with Gasteiger partial charge >= 0.3 is 11.9 Å². The molecule has 0 bridgehead atoms. The molecule has 4 N–H and O–H groups in total. The Kier molecular flexibility index (Phi) is 5.21. The number of hydrogen-bond donors (Lipinski definition) is 4. The summed E-state index contributed by atoms with van der Waals surface area (Å²) in [4.78, 5) is 33.9. The molecule has 1 aliphatic carbocycles. The number of aliphatic carboxylic acids is 1. The van der Waals surface area contributed by atoms with E-state index in [1.807, 2.05) is 0 Å². The van der Waals surface area contributed by atoms with Gasteiger partial charge in [0.2, 0.25) is 5.91 Å². The van der Waals surface area contributed by atoms with E-state index in [9.17, 15) is 19.5 Å². The van der Waals surface area contributed by atoms with Gasteiger partial charge in [-0.05, 0) is 62.1 Å². The molecule has 28 heavy (non-hydrogen) atoms. The standard InChI is InChI=1S/C20H20N2O6/c1-10-7-13(21-19(25)20(26)27)8-11(2)17(10)28-14-5-6-16(23)15(9-14)22-18(24)12-3-4-12/h5-9,12,23H,3-4H2,1-2H3,(H,21,25)(H,22,24)(H,26,27). The van der Waals surface area contributed by atoms with Crippen molar-refractivity contribution in [2.24, 2.45) is 5.92 Å². The molecule has 0 aliphatic heterocycles. The number of ether oxygens (including phenoxy) is 1. The first-order valence-electron chi connectivity index (χ1n) is 8.72. The van der Waals surface area contributed by atoms with Gasteiger partial charge in [-0.15, -0.1) is 0 Å². The predicted molar refractivity (Wildman–Crippen MR) is 102 cm³/mol. The number of rotatable bonds is 5. The van der Waals surface area contributed by atoms with Gasteiger partial charge in [0.1, 0.15) is 17.2 Å². The third kappa shape index (κ3) is 4.40. The number of carbonyl (C=O) groups is 3. The first-order valence-corrected chi connectivity index (χ1v) is 8.72. The number of carbonyl (C=O) groups excluding carboxylic acids is 2. The van der Waals surface area contributed by atoms with E-state index in [1.54, 1.807) is 32.0 Å². The molecular formula is C20H20N2O6. The second-order valence-corrected chi connectivity index (χ2v) is 6.74. The van der Waals surface area contributed by atoms with Crippen LogP contribution in [0.25, 0.3) is 0 Å². The van der Waals surface area contributed by atoms with Crippen LogP contribution in [-0.4, -0.2) is 28.0 Å². The van der Waals surface area contributed by atoms with Crippen LogP contribution in [0.4, 0.5) is 11.4 Å². The van der Waals surface area contributed by atoms with E-state index in [-0.39, 0.29) is 23.3 Å². The zero-order valence-corrected chi connectivity index (χ0v) is 15.4. The van der Waals surface area contributed by atoms with Gasteiger partial charge in [0, 0.05) is 17.7 Å². The van der Waals surface area contributed by atoms with Gasteiger partial charge in [-0.1, -0.05) is 0 Å². The van der Waals surface area contributed by atoms with Crippen LogP contribution in [-0.2, 0) is 14.4 Å². The number of hydrogen-bond acceptors (Lipinski definition) is 5. The van der Waals surface area contributed by atoms with Crippen LogP contribution in [0.2, 0.25) is 0 Å². The minimum Gasteiger partial charge on any atom is -0.506 e. The van der Waals surface area contributed by atoms with Crippen molar-refractivity contribution in [1.82, 2.24) is 0 Å². The third-order valence-corrected chi connectivity index (χ3v) is 4.31. The molecule has 1 aliphatic rings.